The van der Waals surface area contributed by atoms with Crippen LogP contribution in [-0.4, -0.2) is 23.8 Å². The molecular weight excluding hydrogens is 188 g/mol. The Labute approximate surface area is 92.4 Å². The Kier molecular flexibility index (Phi) is 5.43. The molecule has 15 heavy (non-hydrogen) atoms. The summed E-state index contributed by atoms with van der Waals surface area (Å²) < 4.78 is 7.77. The fraction of sp³-hybridized carbons (Fsp3) is 0.667. The van der Waals surface area contributed by atoms with Crippen LogP contribution in [0.3, 0.4) is 0 Å². The van der Waals surface area contributed by atoms with Crippen molar-refractivity contribution in [1.29, 1.82) is 0 Å². The van der Waals surface area contributed by atoms with Crippen molar-refractivity contribution in [3.05, 3.63) is 24.0 Å². The van der Waals surface area contributed by atoms with Gasteiger partial charge in [-0.3, -0.25) is 0 Å². The van der Waals surface area contributed by atoms with Crippen molar-refractivity contribution in [1.82, 2.24) is 9.88 Å². The highest BCUT2D eigenvalue weighted by Gasteiger charge is 2.00. The van der Waals surface area contributed by atoms with E-state index < -0.39 is 0 Å². The van der Waals surface area contributed by atoms with Gasteiger partial charge >= 0.3 is 0 Å². The summed E-state index contributed by atoms with van der Waals surface area (Å²) >= 11 is 0. The summed E-state index contributed by atoms with van der Waals surface area (Å²) in [4.78, 5) is 0. The van der Waals surface area contributed by atoms with E-state index in [2.05, 4.69) is 49.0 Å². The minimum absolute atomic E-state index is 0.317. The molecule has 3 heteroatoms. The minimum atomic E-state index is 0.317. The quantitative estimate of drug-likeness (QED) is 0.745. The van der Waals surface area contributed by atoms with E-state index in [4.69, 9.17) is 4.74 Å². The summed E-state index contributed by atoms with van der Waals surface area (Å²) in [5.41, 5.74) is 1.32. The van der Waals surface area contributed by atoms with Crippen LogP contribution in [0.5, 0.6) is 0 Å². The lowest BCUT2D eigenvalue weighted by molar-refractivity contribution is 0.0724. The molecule has 1 rings (SSSR count). The first kappa shape index (κ1) is 12.3. The van der Waals surface area contributed by atoms with Gasteiger partial charge in [-0.15, -0.1) is 0 Å². The summed E-state index contributed by atoms with van der Waals surface area (Å²) in [7, 11) is 0. The number of rotatable bonds is 7. The van der Waals surface area contributed by atoms with Crippen molar-refractivity contribution < 1.29 is 4.74 Å². The lowest BCUT2D eigenvalue weighted by Crippen LogP contribution is -2.17. The van der Waals surface area contributed by atoms with Crippen LogP contribution in [0.2, 0.25) is 0 Å². The molecule has 0 aliphatic rings. The Bertz CT molecular complexity index is 268. The third-order valence-electron chi connectivity index (χ3n) is 2.26. The van der Waals surface area contributed by atoms with Crippen LogP contribution in [0.25, 0.3) is 0 Å². The third-order valence-corrected chi connectivity index (χ3v) is 2.26. The number of hydrogen-bond acceptors (Lipinski definition) is 2. The van der Waals surface area contributed by atoms with Crippen LogP contribution < -0.4 is 5.32 Å². The van der Waals surface area contributed by atoms with Crippen LogP contribution >= 0.6 is 0 Å². The summed E-state index contributed by atoms with van der Waals surface area (Å²) in [5, 5.41) is 3.33. The van der Waals surface area contributed by atoms with Crippen LogP contribution in [0, 0.1) is 0 Å². The highest BCUT2D eigenvalue weighted by atomic mass is 16.5. The zero-order chi connectivity index (χ0) is 11.1. The third kappa shape index (κ3) is 4.49. The second-order valence-electron chi connectivity index (χ2n) is 3.89. The molecule has 0 radical (unpaired) electrons. The highest BCUT2D eigenvalue weighted by molar-refractivity contribution is 5.06. The fourth-order valence-electron chi connectivity index (χ4n) is 1.47. The normalized spacial score (nSPS) is 11.2. The maximum Gasteiger partial charge on any atom is 0.0649 e. The molecule has 3 nitrogen and oxygen atoms in total. The molecule has 0 unspecified atom stereocenters. The number of hydrogen-bond donors (Lipinski definition) is 1. The van der Waals surface area contributed by atoms with E-state index >= 15 is 0 Å². The second kappa shape index (κ2) is 6.64. The maximum atomic E-state index is 5.53. The summed E-state index contributed by atoms with van der Waals surface area (Å²) in [6, 6.07) is 4.24. The molecule has 0 aliphatic carbocycles. The van der Waals surface area contributed by atoms with Crippen molar-refractivity contribution in [2.24, 2.45) is 0 Å². The Morgan fingerprint density at radius 3 is 2.93 bits per heavy atom. The molecule has 0 aliphatic heterocycles. The van der Waals surface area contributed by atoms with Crippen molar-refractivity contribution in [3.63, 3.8) is 0 Å². The van der Waals surface area contributed by atoms with Crippen molar-refractivity contribution in [3.8, 4) is 0 Å². The fourth-order valence-corrected chi connectivity index (χ4v) is 1.47. The zero-order valence-corrected chi connectivity index (χ0v) is 9.99. The minimum Gasteiger partial charge on any atom is -0.377 e. The molecule has 0 aromatic carbocycles. The van der Waals surface area contributed by atoms with Gasteiger partial charge in [0.15, 0.2) is 0 Å². The van der Waals surface area contributed by atoms with Crippen LogP contribution in [0.4, 0.5) is 0 Å². The highest BCUT2D eigenvalue weighted by Crippen LogP contribution is 2.02. The zero-order valence-electron chi connectivity index (χ0n) is 9.99. The topological polar surface area (TPSA) is 26.2 Å². The van der Waals surface area contributed by atoms with Gasteiger partial charge in [0, 0.05) is 25.0 Å². The first-order chi connectivity index (χ1) is 7.24. The molecule has 1 aromatic rings. The van der Waals surface area contributed by atoms with E-state index in [1.807, 2.05) is 0 Å². The van der Waals surface area contributed by atoms with Crippen molar-refractivity contribution >= 4 is 0 Å². The van der Waals surface area contributed by atoms with E-state index in [-0.39, 0.29) is 0 Å². The SMILES string of the molecule is CCNCc1cccn1CCOC(C)C. The van der Waals surface area contributed by atoms with E-state index in [1.165, 1.54) is 5.69 Å². The smallest absolute Gasteiger partial charge is 0.0649 e. The number of ether oxygens (including phenoxy) is 1. The first-order valence-corrected chi connectivity index (χ1v) is 5.70. The lowest BCUT2D eigenvalue weighted by Gasteiger charge is -2.11. The average Bonchev–Trinajstić information content (AvgIpc) is 2.62. The van der Waals surface area contributed by atoms with Gasteiger partial charge in [0.05, 0.1) is 12.7 Å². The Morgan fingerprint density at radius 2 is 2.27 bits per heavy atom. The van der Waals surface area contributed by atoms with E-state index in [0.717, 1.165) is 26.2 Å². The monoisotopic (exact) mass is 210 g/mol. The van der Waals surface area contributed by atoms with Gasteiger partial charge in [0.25, 0.3) is 0 Å². The summed E-state index contributed by atoms with van der Waals surface area (Å²) in [5.74, 6) is 0. The van der Waals surface area contributed by atoms with Crippen LogP contribution in [0.15, 0.2) is 18.3 Å². The Balaban J connectivity index is 2.35. The second-order valence-corrected chi connectivity index (χ2v) is 3.89. The van der Waals surface area contributed by atoms with Crippen molar-refractivity contribution in [2.75, 3.05) is 13.2 Å². The number of nitrogens with zero attached hydrogens (tertiary/aromatic N) is 1. The van der Waals surface area contributed by atoms with Gasteiger partial charge in [-0.2, -0.15) is 0 Å². The predicted octanol–water partition coefficient (Wildman–Crippen LogP) is 2.02. The molecule has 1 heterocycles. The molecule has 1 aromatic heterocycles. The molecule has 0 saturated carbocycles. The van der Waals surface area contributed by atoms with Crippen molar-refractivity contribution in [2.45, 2.75) is 40.0 Å². The van der Waals surface area contributed by atoms with Gasteiger partial charge in [0.2, 0.25) is 0 Å². The van der Waals surface area contributed by atoms with Gasteiger partial charge < -0.3 is 14.6 Å². The summed E-state index contributed by atoms with van der Waals surface area (Å²) in [6.45, 7) is 9.91. The standard InChI is InChI=1S/C12H22N2O/c1-4-13-10-12-6-5-7-14(12)8-9-15-11(2)3/h5-7,11,13H,4,8-10H2,1-3H3. The molecule has 0 saturated heterocycles. The Hall–Kier alpha value is -0.800. The molecule has 0 bridgehead atoms. The molecular formula is C12H22N2O. The van der Waals surface area contributed by atoms with Gasteiger partial charge in [0.1, 0.15) is 0 Å². The molecule has 86 valence electrons. The predicted molar refractivity (Wildman–Crippen MR) is 62.9 cm³/mol. The van der Waals surface area contributed by atoms with Gasteiger partial charge in [-0.05, 0) is 32.5 Å². The number of nitrogens with one attached hydrogen (secondary N) is 1. The molecule has 0 spiro atoms. The summed E-state index contributed by atoms with van der Waals surface area (Å²) in [6.07, 6.45) is 2.42. The van der Waals surface area contributed by atoms with Gasteiger partial charge in [-0.1, -0.05) is 6.92 Å². The first-order valence-electron chi connectivity index (χ1n) is 5.70. The van der Waals surface area contributed by atoms with E-state index in [0.29, 0.717) is 6.10 Å². The van der Waals surface area contributed by atoms with Crippen LogP contribution in [-0.2, 0) is 17.8 Å². The molecule has 0 fully saturated rings. The van der Waals surface area contributed by atoms with Gasteiger partial charge in [-0.25, -0.2) is 0 Å². The van der Waals surface area contributed by atoms with E-state index in [9.17, 15) is 0 Å². The number of aromatic nitrogens is 1. The maximum absolute atomic E-state index is 5.53. The molecule has 0 amide bonds. The largest absolute Gasteiger partial charge is 0.377 e. The van der Waals surface area contributed by atoms with Crippen LogP contribution in [0.1, 0.15) is 26.5 Å². The average molecular weight is 210 g/mol. The Morgan fingerprint density at radius 1 is 1.47 bits per heavy atom. The van der Waals surface area contributed by atoms with E-state index in [1.54, 1.807) is 0 Å². The molecule has 0 atom stereocenters. The molecule has 1 N–H and O–H groups in total. The lowest BCUT2D eigenvalue weighted by atomic mass is 10.4.